The number of pyridine rings is 1. The van der Waals surface area contributed by atoms with Crippen molar-refractivity contribution in [3.8, 4) is 11.5 Å². The van der Waals surface area contributed by atoms with Crippen molar-refractivity contribution in [2.75, 3.05) is 13.7 Å². The molecular weight excluding hydrogens is 526 g/mol. The largest absolute Gasteiger partial charge is 0.468 e. The number of nitrogens with one attached hydrogen (secondary N) is 1. The Morgan fingerprint density at radius 1 is 1.02 bits per heavy atom. The lowest BCUT2D eigenvalue weighted by molar-refractivity contribution is -0.143. The van der Waals surface area contributed by atoms with Crippen LogP contribution in [0, 0.1) is 12.8 Å². The molecule has 1 saturated carbocycles. The zero-order chi connectivity index (χ0) is 28.1. The van der Waals surface area contributed by atoms with Crippen molar-refractivity contribution in [1.29, 1.82) is 0 Å². The minimum atomic E-state index is -3.81. The number of fused-ring (bicyclic) bond motifs is 1. The van der Waals surface area contributed by atoms with Crippen LogP contribution in [-0.4, -0.2) is 43.0 Å². The lowest BCUT2D eigenvalue weighted by Crippen LogP contribution is -2.42. The molecular formula is C31H35N3O5S. The molecule has 5 rings (SSSR count). The molecule has 9 heteroatoms. The first kappa shape index (κ1) is 27.9. The monoisotopic (exact) mass is 561 g/mol. The molecule has 0 aliphatic heterocycles. The summed E-state index contributed by atoms with van der Waals surface area (Å²) < 4.78 is 38.9. The second kappa shape index (κ2) is 12.2. The third kappa shape index (κ3) is 6.21. The van der Waals surface area contributed by atoms with E-state index in [0.717, 1.165) is 17.7 Å². The molecule has 2 aromatic heterocycles. The number of benzene rings is 2. The highest BCUT2D eigenvalue weighted by Crippen LogP contribution is 2.31. The minimum Gasteiger partial charge on any atom is -0.468 e. The van der Waals surface area contributed by atoms with Crippen molar-refractivity contribution in [1.82, 2.24) is 14.3 Å². The van der Waals surface area contributed by atoms with E-state index in [2.05, 4.69) is 10.3 Å². The number of methoxy groups -OCH3 is 1. The minimum absolute atomic E-state index is 0.192. The molecule has 1 aliphatic rings. The zero-order valence-electron chi connectivity index (χ0n) is 22.9. The number of carbonyl (C=O) groups excluding carboxylic acids is 1. The van der Waals surface area contributed by atoms with Crippen LogP contribution in [0.2, 0.25) is 0 Å². The van der Waals surface area contributed by atoms with Gasteiger partial charge in [0.05, 0.1) is 17.4 Å². The topological polar surface area (TPSA) is 99.5 Å². The van der Waals surface area contributed by atoms with Gasteiger partial charge in [-0.05, 0) is 80.6 Å². The van der Waals surface area contributed by atoms with Gasteiger partial charge in [-0.1, -0.05) is 49.1 Å². The highest BCUT2D eigenvalue weighted by molar-refractivity contribution is 7.90. The molecule has 0 bridgehead atoms. The number of ether oxygens (including phenoxy) is 2. The first-order chi connectivity index (χ1) is 19.3. The molecule has 2 heterocycles. The van der Waals surface area contributed by atoms with Crippen molar-refractivity contribution in [2.45, 2.75) is 56.4 Å². The smallest absolute Gasteiger partial charge is 0.323 e. The number of hydrogen-bond donors (Lipinski definition) is 1. The SMILES string of the molecule is COC(=O)C(Cc1ccc(Oc2ccnc3c2ccn3S(=O)(=O)c2ccc(C)cc2)cc1)NCC1CCCCC1. The molecule has 8 nitrogen and oxygen atoms in total. The lowest BCUT2D eigenvalue weighted by atomic mass is 9.89. The molecule has 1 unspecified atom stereocenters. The summed E-state index contributed by atoms with van der Waals surface area (Å²) in [4.78, 5) is 17.0. The normalized spacial score (nSPS) is 15.2. The molecule has 0 amide bonds. The van der Waals surface area contributed by atoms with Gasteiger partial charge >= 0.3 is 5.97 Å². The number of hydrogen-bond acceptors (Lipinski definition) is 7. The van der Waals surface area contributed by atoms with Crippen LogP contribution in [0.15, 0.2) is 78.0 Å². The Morgan fingerprint density at radius 2 is 1.75 bits per heavy atom. The molecule has 0 saturated heterocycles. The van der Waals surface area contributed by atoms with Crippen molar-refractivity contribution in [2.24, 2.45) is 5.92 Å². The van der Waals surface area contributed by atoms with Crippen LogP contribution in [0.3, 0.4) is 0 Å². The van der Waals surface area contributed by atoms with E-state index in [1.54, 1.807) is 36.4 Å². The van der Waals surface area contributed by atoms with Gasteiger partial charge in [0.15, 0.2) is 5.65 Å². The molecule has 1 fully saturated rings. The van der Waals surface area contributed by atoms with Crippen LogP contribution in [0.4, 0.5) is 0 Å². The Kier molecular flexibility index (Phi) is 8.52. The Morgan fingerprint density at radius 3 is 2.45 bits per heavy atom. The summed E-state index contributed by atoms with van der Waals surface area (Å²) in [6.07, 6.45) is 9.77. The second-order valence-electron chi connectivity index (χ2n) is 10.4. The summed E-state index contributed by atoms with van der Waals surface area (Å²) in [5.74, 6) is 1.43. The van der Waals surface area contributed by atoms with Gasteiger partial charge in [-0.3, -0.25) is 4.79 Å². The van der Waals surface area contributed by atoms with Gasteiger partial charge in [-0.25, -0.2) is 17.4 Å². The maximum Gasteiger partial charge on any atom is 0.323 e. The number of rotatable bonds is 10. The van der Waals surface area contributed by atoms with Crippen molar-refractivity contribution in [3.63, 3.8) is 0 Å². The van der Waals surface area contributed by atoms with Gasteiger partial charge in [0.2, 0.25) is 0 Å². The van der Waals surface area contributed by atoms with E-state index in [1.165, 1.54) is 55.6 Å². The van der Waals surface area contributed by atoms with Gasteiger partial charge < -0.3 is 14.8 Å². The zero-order valence-corrected chi connectivity index (χ0v) is 23.7. The number of esters is 1. The molecule has 1 aliphatic carbocycles. The van der Waals surface area contributed by atoms with Crippen LogP contribution >= 0.6 is 0 Å². The fourth-order valence-corrected chi connectivity index (χ4v) is 6.54. The first-order valence-electron chi connectivity index (χ1n) is 13.7. The molecule has 0 spiro atoms. The first-order valence-corrected chi connectivity index (χ1v) is 15.2. The van der Waals surface area contributed by atoms with E-state index in [9.17, 15) is 13.2 Å². The van der Waals surface area contributed by atoms with E-state index >= 15 is 0 Å². The van der Waals surface area contributed by atoms with Crippen molar-refractivity contribution < 1.29 is 22.7 Å². The number of carbonyl (C=O) groups is 1. The predicted octanol–water partition coefficient (Wildman–Crippen LogP) is 5.63. The summed E-state index contributed by atoms with van der Waals surface area (Å²) in [6.45, 7) is 2.73. The fraction of sp³-hybridized carbons (Fsp3) is 0.355. The molecule has 1 atom stereocenters. The van der Waals surface area contributed by atoms with Crippen LogP contribution in [0.5, 0.6) is 11.5 Å². The maximum absolute atomic E-state index is 13.3. The van der Waals surface area contributed by atoms with Crippen molar-refractivity contribution >= 4 is 27.0 Å². The molecule has 4 aromatic rings. The molecule has 0 radical (unpaired) electrons. The van der Waals surface area contributed by atoms with Gasteiger partial charge in [0, 0.05) is 12.4 Å². The van der Waals surface area contributed by atoms with E-state index in [0.29, 0.717) is 34.9 Å². The highest BCUT2D eigenvalue weighted by atomic mass is 32.2. The Labute approximate surface area is 235 Å². The van der Waals surface area contributed by atoms with Gasteiger partial charge in [0.1, 0.15) is 17.5 Å². The van der Waals surface area contributed by atoms with E-state index in [4.69, 9.17) is 9.47 Å². The molecule has 40 heavy (non-hydrogen) atoms. The summed E-state index contributed by atoms with van der Waals surface area (Å²) in [5.41, 5.74) is 2.25. The summed E-state index contributed by atoms with van der Waals surface area (Å²) in [6, 6.07) is 17.3. The quantitative estimate of drug-likeness (QED) is 0.251. The van der Waals surface area contributed by atoms with Crippen molar-refractivity contribution in [3.05, 3.63) is 84.2 Å². The highest BCUT2D eigenvalue weighted by Gasteiger charge is 2.23. The van der Waals surface area contributed by atoms with Crippen LogP contribution in [-0.2, 0) is 26.0 Å². The summed E-state index contributed by atoms with van der Waals surface area (Å²) >= 11 is 0. The maximum atomic E-state index is 13.3. The summed E-state index contributed by atoms with van der Waals surface area (Å²) in [5, 5.41) is 4.01. The number of nitrogens with zero attached hydrogens (tertiary/aromatic N) is 2. The number of aryl methyl sites for hydroxylation is 1. The third-order valence-corrected chi connectivity index (χ3v) is 9.23. The molecule has 1 N–H and O–H groups in total. The van der Waals surface area contributed by atoms with Crippen LogP contribution < -0.4 is 10.1 Å². The summed E-state index contributed by atoms with van der Waals surface area (Å²) in [7, 11) is -2.39. The lowest BCUT2D eigenvalue weighted by Gasteiger charge is -2.24. The predicted molar refractivity (Wildman–Crippen MR) is 154 cm³/mol. The van der Waals surface area contributed by atoms with Gasteiger partial charge in [-0.15, -0.1) is 0 Å². The molecule has 2 aromatic carbocycles. The average molecular weight is 562 g/mol. The Bertz CT molecular complexity index is 1560. The van der Waals surface area contributed by atoms with Crippen LogP contribution in [0.1, 0.15) is 43.2 Å². The Balaban J connectivity index is 1.30. The fourth-order valence-electron chi connectivity index (χ4n) is 5.23. The third-order valence-electron chi connectivity index (χ3n) is 7.55. The van der Waals surface area contributed by atoms with Crippen LogP contribution in [0.25, 0.3) is 11.0 Å². The average Bonchev–Trinajstić information content (AvgIpc) is 3.43. The second-order valence-corrected chi connectivity index (χ2v) is 12.2. The van der Waals surface area contributed by atoms with Gasteiger partial charge in [0.25, 0.3) is 10.0 Å². The Hall–Kier alpha value is -3.69. The number of aromatic nitrogens is 2. The van der Waals surface area contributed by atoms with Gasteiger partial charge in [-0.2, -0.15) is 0 Å². The molecule has 210 valence electrons. The van der Waals surface area contributed by atoms with E-state index in [-0.39, 0.29) is 10.9 Å². The van der Waals surface area contributed by atoms with E-state index < -0.39 is 16.1 Å². The van der Waals surface area contributed by atoms with E-state index in [1.807, 2.05) is 31.2 Å². The standard InChI is InChI=1S/C31H35N3O5S/c1-22-8-14-26(15-9-22)40(36,37)34-19-17-27-29(16-18-32-30(27)34)39-25-12-10-23(11-13-25)20-28(31(35)38-2)33-21-24-6-4-3-5-7-24/h8-19,24,28,33H,3-7,20-21H2,1-2H3.